The van der Waals surface area contributed by atoms with E-state index < -0.39 is 10.0 Å². The molecule has 0 bridgehead atoms. The number of nitrogens with two attached hydrogens (primary N) is 1. The molecule has 1 aromatic carbocycles. The average Bonchev–Trinajstić information content (AvgIpc) is 2.28. The van der Waals surface area contributed by atoms with Crippen LogP contribution in [0.25, 0.3) is 0 Å². The van der Waals surface area contributed by atoms with E-state index in [4.69, 9.17) is 17.4 Å². The molecule has 9 heteroatoms. The predicted molar refractivity (Wildman–Crippen MR) is 68.3 cm³/mol. The van der Waals surface area contributed by atoms with E-state index in [0.717, 1.165) is 0 Å². The smallest absolute Gasteiger partial charge is 0.238 e. The van der Waals surface area contributed by atoms with Crippen LogP contribution in [-0.2, 0) is 10.0 Å². The average molecular weight is 283 g/mol. The van der Waals surface area contributed by atoms with Crippen LogP contribution in [-0.4, -0.2) is 23.6 Å². The second-order valence-electron chi connectivity index (χ2n) is 3.37. The van der Waals surface area contributed by atoms with Gasteiger partial charge in [0.05, 0.1) is 11.1 Å². The number of nitrogens with zero attached hydrogens (tertiary/aromatic N) is 2. The van der Waals surface area contributed by atoms with Crippen molar-refractivity contribution in [3.8, 4) is 0 Å². The van der Waals surface area contributed by atoms with E-state index in [-0.39, 0.29) is 9.67 Å². The molecule has 0 fully saturated rings. The summed E-state index contributed by atoms with van der Waals surface area (Å²) in [6.07, 6.45) is 1.46. The first kappa shape index (κ1) is 12.6. The van der Waals surface area contributed by atoms with Crippen LogP contribution in [0.2, 0.25) is 0 Å². The van der Waals surface area contributed by atoms with Gasteiger partial charge >= 0.3 is 0 Å². The lowest BCUT2D eigenvalue weighted by molar-refractivity contribution is 0.598. The number of rotatable bonds is 3. The highest BCUT2D eigenvalue weighted by atomic mass is 32.2. The fraction of sp³-hybridized carbons (Fsp3) is 0. The monoisotopic (exact) mass is 283 g/mol. The number of aromatic amines is 1. The van der Waals surface area contributed by atoms with Crippen molar-refractivity contribution in [3.63, 3.8) is 0 Å². The number of aromatic nitrogens is 3. The van der Waals surface area contributed by atoms with Gasteiger partial charge in [0.1, 0.15) is 0 Å². The van der Waals surface area contributed by atoms with Crippen LogP contribution >= 0.6 is 12.2 Å². The van der Waals surface area contributed by atoms with Crippen LogP contribution in [0.1, 0.15) is 0 Å². The van der Waals surface area contributed by atoms with Gasteiger partial charge in [0.2, 0.25) is 14.8 Å². The molecule has 0 amide bonds. The highest BCUT2D eigenvalue weighted by Crippen LogP contribution is 2.15. The number of hydrogen-bond donors (Lipinski definition) is 3. The molecule has 0 saturated heterocycles. The maximum absolute atomic E-state index is 11.1. The first-order valence-corrected chi connectivity index (χ1v) is 6.72. The molecule has 18 heavy (non-hydrogen) atoms. The molecule has 0 atom stereocenters. The third kappa shape index (κ3) is 3.09. The van der Waals surface area contributed by atoms with Gasteiger partial charge in [-0.05, 0) is 36.5 Å². The van der Waals surface area contributed by atoms with Gasteiger partial charge in [0.15, 0.2) is 5.82 Å². The van der Waals surface area contributed by atoms with Gasteiger partial charge < -0.3 is 5.32 Å². The fourth-order valence-electron chi connectivity index (χ4n) is 1.25. The minimum atomic E-state index is -3.68. The minimum Gasteiger partial charge on any atom is -0.339 e. The topological polar surface area (TPSA) is 114 Å². The molecule has 0 aliphatic rings. The first-order valence-electron chi connectivity index (χ1n) is 4.77. The molecule has 94 valence electrons. The van der Waals surface area contributed by atoms with Crippen molar-refractivity contribution in [1.82, 2.24) is 15.2 Å². The summed E-state index contributed by atoms with van der Waals surface area (Å²) in [4.78, 5) is 4.03. The third-order valence-corrected chi connectivity index (χ3v) is 3.14. The van der Waals surface area contributed by atoms with E-state index in [1.165, 1.54) is 18.3 Å². The Balaban J connectivity index is 2.24. The van der Waals surface area contributed by atoms with Crippen molar-refractivity contribution in [2.45, 2.75) is 4.90 Å². The van der Waals surface area contributed by atoms with E-state index >= 15 is 0 Å². The van der Waals surface area contributed by atoms with Crippen molar-refractivity contribution in [3.05, 3.63) is 35.2 Å². The Morgan fingerprint density at radius 3 is 2.50 bits per heavy atom. The van der Waals surface area contributed by atoms with Gasteiger partial charge in [-0.3, -0.25) is 5.10 Å². The third-order valence-electron chi connectivity index (χ3n) is 2.02. The summed E-state index contributed by atoms with van der Waals surface area (Å²) in [6, 6.07) is 5.94. The molecule has 7 nitrogen and oxygen atoms in total. The molecule has 0 radical (unpaired) electrons. The highest BCUT2D eigenvalue weighted by molar-refractivity contribution is 7.89. The number of hydrogen-bond acceptors (Lipinski definition) is 6. The second-order valence-corrected chi connectivity index (χ2v) is 5.31. The maximum Gasteiger partial charge on any atom is 0.238 e. The fourth-order valence-corrected chi connectivity index (χ4v) is 1.91. The molecule has 0 aliphatic heterocycles. The molecule has 2 aromatic rings. The van der Waals surface area contributed by atoms with Gasteiger partial charge in [-0.25, -0.2) is 13.6 Å². The standard InChI is InChI=1S/C9H9N5O2S2/c10-18(15,16)7-3-1-6(2-4-7)12-8-5-11-14-9(17)13-8/h1-5H,(H2,10,15,16)(H2,12,13,14,17). The van der Waals surface area contributed by atoms with E-state index in [0.29, 0.717) is 11.5 Å². The molecule has 1 aromatic heterocycles. The summed E-state index contributed by atoms with van der Waals surface area (Å²) in [5.41, 5.74) is 0.650. The summed E-state index contributed by atoms with van der Waals surface area (Å²) < 4.78 is 22.4. The zero-order valence-electron chi connectivity index (χ0n) is 8.99. The molecular formula is C9H9N5O2S2. The Kier molecular flexibility index (Phi) is 3.36. The molecule has 0 unspecified atom stereocenters. The number of sulfonamides is 1. The largest absolute Gasteiger partial charge is 0.339 e. The highest BCUT2D eigenvalue weighted by Gasteiger charge is 2.06. The van der Waals surface area contributed by atoms with Crippen molar-refractivity contribution < 1.29 is 8.42 Å². The Morgan fingerprint density at radius 2 is 1.94 bits per heavy atom. The van der Waals surface area contributed by atoms with Gasteiger partial charge in [-0.2, -0.15) is 10.1 Å². The van der Waals surface area contributed by atoms with Gasteiger partial charge in [0.25, 0.3) is 0 Å². The van der Waals surface area contributed by atoms with Crippen LogP contribution in [0.3, 0.4) is 0 Å². The number of anilines is 2. The number of H-pyrrole nitrogens is 1. The first-order chi connectivity index (χ1) is 8.45. The van der Waals surface area contributed by atoms with Gasteiger partial charge in [-0.1, -0.05) is 0 Å². The van der Waals surface area contributed by atoms with Crippen LogP contribution < -0.4 is 10.5 Å². The summed E-state index contributed by atoms with van der Waals surface area (Å²) in [5.74, 6) is 0.460. The Hall–Kier alpha value is -1.84. The van der Waals surface area contributed by atoms with E-state index in [1.807, 2.05) is 0 Å². The van der Waals surface area contributed by atoms with Crippen molar-refractivity contribution in [2.24, 2.45) is 5.14 Å². The van der Waals surface area contributed by atoms with Crippen LogP contribution in [0.15, 0.2) is 35.4 Å². The summed E-state index contributed by atoms with van der Waals surface area (Å²) >= 11 is 4.82. The summed E-state index contributed by atoms with van der Waals surface area (Å²) in [5, 5.41) is 14.2. The Bertz CT molecular complexity index is 708. The summed E-state index contributed by atoms with van der Waals surface area (Å²) in [7, 11) is -3.68. The lowest BCUT2D eigenvalue weighted by Crippen LogP contribution is -2.11. The molecule has 2 rings (SSSR count). The van der Waals surface area contributed by atoms with Crippen LogP contribution in [0.4, 0.5) is 11.5 Å². The molecular weight excluding hydrogens is 274 g/mol. The molecule has 0 saturated carbocycles. The van der Waals surface area contributed by atoms with E-state index in [1.54, 1.807) is 12.1 Å². The van der Waals surface area contributed by atoms with E-state index in [2.05, 4.69) is 20.5 Å². The molecule has 0 aliphatic carbocycles. The number of benzene rings is 1. The molecule has 4 N–H and O–H groups in total. The van der Waals surface area contributed by atoms with Gasteiger partial charge in [0, 0.05) is 5.69 Å². The minimum absolute atomic E-state index is 0.0458. The SMILES string of the molecule is NS(=O)(=O)c1ccc(Nc2cn[nH]c(=S)n2)cc1. The molecule has 1 heterocycles. The zero-order chi connectivity index (χ0) is 13.2. The van der Waals surface area contributed by atoms with Crippen molar-refractivity contribution in [1.29, 1.82) is 0 Å². The quantitative estimate of drug-likeness (QED) is 0.722. The second kappa shape index (κ2) is 4.80. The Labute approximate surface area is 108 Å². The van der Waals surface area contributed by atoms with Gasteiger partial charge in [-0.15, -0.1) is 0 Å². The lowest BCUT2D eigenvalue weighted by Gasteiger charge is -2.05. The summed E-state index contributed by atoms with van der Waals surface area (Å²) in [6.45, 7) is 0. The van der Waals surface area contributed by atoms with Crippen molar-refractivity contribution >= 4 is 33.7 Å². The normalized spacial score (nSPS) is 11.2. The predicted octanol–water partition coefficient (Wildman–Crippen LogP) is 0.925. The zero-order valence-corrected chi connectivity index (χ0v) is 10.6. The number of nitrogens with one attached hydrogen (secondary N) is 2. The lowest BCUT2D eigenvalue weighted by atomic mass is 10.3. The van der Waals surface area contributed by atoms with Crippen molar-refractivity contribution in [2.75, 3.05) is 5.32 Å². The van der Waals surface area contributed by atoms with Crippen LogP contribution in [0.5, 0.6) is 0 Å². The van der Waals surface area contributed by atoms with Crippen LogP contribution in [0, 0.1) is 4.77 Å². The molecule has 0 spiro atoms. The maximum atomic E-state index is 11.1. The van der Waals surface area contributed by atoms with E-state index in [9.17, 15) is 8.42 Å². The Morgan fingerprint density at radius 1 is 1.28 bits per heavy atom. The number of primary sulfonamides is 1.